The van der Waals surface area contributed by atoms with Crippen LogP contribution < -0.4 is 0 Å². The van der Waals surface area contributed by atoms with Gasteiger partial charge in [-0.3, -0.25) is 14.7 Å². The predicted molar refractivity (Wildman–Crippen MR) is 108 cm³/mol. The van der Waals surface area contributed by atoms with Crippen molar-refractivity contribution in [3.63, 3.8) is 0 Å². The molecule has 3 fully saturated rings. The van der Waals surface area contributed by atoms with Crippen LogP contribution >= 0.6 is 0 Å². The molecule has 0 aromatic heterocycles. The molecule has 3 saturated heterocycles. The largest absolute Gasteiger partial charge is 0.395 e. The molecule has 0 saturated carbocycles. The van der Waals surface area contributed by atoms with E-state index < -0.39 is 0 Å². The van der Waals surface area contributed by atoms with Crippen LogP contribution in [0.1, 0.15) is 59.3 Å². The molecule has 3 aliphatic heterocycles. The van der Waals surface area contributed by atoms with Crippen LogP contribution in [0.3, 0.4) is 0 Å². The first-order chi connectivity index (χ1) is 12.9. The number of likely N-dealkylation sites (tertiary alicyclic amines) is 3. The Labute approximate surface area is 165 Å². The normalized spacial score (nSPS) is 36.2. The molecule has 0 amide bonds. The van der Waals surface area contributed by atoms with Crippen LogP contribution in [0.25, 0.3) is 0 Å². The van der Waals surface area contributed by atoms with E-state index in [4.69, 9.17) is 0 Å². The fourth-order valence-electron chi connectivity index (χ4n) is 5.57. The van der Waals surface area contributed by atoms with Crippen LogP contribution in [0.5, 0.6) is 0 Å². The lowest BCUT2D eigenvalue weighted by Gasteiger charge is -2.54. The third-order valence-electron chi connectivity index (χ3n) is 7.51. The summed E-state index contributed by atoms with van der Waals surface area (Å²) in [6, 6.07) is 2.72. The molecule has 3 aliphatic rings. The first-order valence-corrected chi connectivity index (χ1v) is 11.1. The molecule has 0 aromatic carbocycles. The molecule has 3 rings (SSSR count). The first-order valence-electron chi connectivity index (χ1n) is 11.1. The Kier molecular flexibility index (Phi) is 7.56. The minimum atomic E-state index is -0.144. The third-order valence-corrected chi connectivity index (χ3v) is 7.51. The minimum absolute atomic E-state index is 0.144. The Balaban J connectivity index is 1.46. The highest BCUT2D eigenvalue weighted by molar-refractivity contribution is 4.98. The summed E-state index contributed by atoms with van der Waals surface area (Å²) in [6.07, 6.45) is 6.38. The number of hydrogen-bond donors (Lipinski definition) is 3. The molecule has 158 valence electrons. The average molecular weight is 384 g/mol. The van der Waals surface area contributed by atoms with Crippen molar-refractivity contribution < 1.29 is 15.3 Å². The Morgan fingerprint density at radius 1 is 0.852 bits per heavy atom. The maximum Gasteiger partial charge on any atom is 0.0679 e. The van der Waals surface area contributed by atoms with Gasteiger partial charge in [-0.05, 0) is 59.3 Å². The van der Waals surface area contributed by atoms with E-state index in [1.54, 1.807) is 0 Å². The van der Waals surface area contributed by atoms with E-state index in [-0.39, 0.29) is 19.3 Å². The number of β-amino-alcohol motifs (C(OH)–C–C–N with tert-alkyl or cyclic N) is 1. The van der Waals surface area contributed by atoms with Gasteiger partial charge in [0.25, 0.3) is 0 Å². The van der Waals surface area contributed by atoms with Gasteiger partial charge >= 0.3 is 0 Å². The van der Waals surface area contributed by atoms with E-state index >= 15 is 0 Å². The van der Waals surface area contributed by atoms with Gasteiger partial charge in [-0.15, -0.1) is 0 Å². The summed E-state index contributed by atoms with van der Waals surface area (Å²) in [5.74, 6) is 0. The fourth-order valence-corrected chi connectivity index (χ4v) is 5.57. The number of aliphatic hydroxyl groups is 3. The van der Waals surface area contributed by atoms with E-state index in [9.17, 15) is 15.3 Å². The van der Waals surface area contributed by atoms with Gasteiger partial charge in [0.15, 0.2) is 0 Å². The molecular formula is C21H41N3O3. The number of rotatable bonds is 10. The summed E-state index contributed by atoms with van der Waals surface area (Å²) in [4.78, 5) is 7.40. The molecule has 3 N–H and O–H groups in total. The third kappa shape index (κ3) is 4.85. The second-order valence-corrected chi connectivity index (χ2v) is 9.33. The van der Waals surface area contributed by atoms with E-state index in [0.717, 1.165) is 58.2 Å². The predicted octanol–water partition coefficient (Wildman–Crippen LogP) is 0.891. The number of nitrogens with zero attached hydrogens (tertiary/aromatic N) is 3. The molecule has 6 heteroatoms. The van der Waals surface area contributed by atoms with Gasteiger partial charge in [-0.25, -0.2) is 0 Å². The van der Waals surface area contributed by atoms with E-state index in [1.807, 2.05) is 0 Å². The van der Waals surface area contributed by atoms with Crippen molar-refractivity contribution in [3.8, 4) is 0 Å². The Hall–Kier alpha value is -0.240. The van der Waals surface area contributed by atoms with Gasteiger partial charge in [-0.2, -0.15) is 0 Å². The monoisotopic (exact) mass is 383 g/mol. The van der Waals surface area contributed by atoms with Crippen LogP contribution in [-0.4, -0.2) is 105 Å². The van der Waals surface area contributed by atoms with Gasteiger partial charge in [0.05, 0.1) is 19.3 Å². The standard InChI is InChI=1S/C21H41N3O3/c1-15(22-8-7-21(27)12-22)4-5-16(2)24-19(11-20(24)14-26)10-17(3)23-9-6-18(23)13-25/h15-21,25-27H,4-14H2,1-3H3/t15?,16?,17?,18-,19?,20+,21+/m0/s1. The molecule has 0 bridgehead atoms. The van der Waals surface area contributed by atoms with Crippen molar-refractivity contribution in [1.82, 2.24) is 14.7 Å². The maximum absolute atomic E-state index is 9.76. The molecule has 0 radical (unpaired) electrons. The summed E-state index contributed by atoms with van der Waals surface area (Å²) in [7, 11) is 0. The van der Waals surface area contributed by atoms with E-state index in [2.05, 4.69) is 35.5 Å². The van der Waals surface area contributed by atoms with Crippen LogP contribution in [0.2, 0.25) is 0 Å². The van der Waals surface area contributed by atoms with Gasteiger partial charge in [0.2, 0.25) is 0 Å². The van der Waals surface area contributed by atoms with Gasteiger partial charge < -0.3 is 15.3 Å². The topological polar surface area (TPSA) is 70.4 Å². The highest BCUT2D eigenvalue weighted by Gasteiger charge is 2.43. The lowest BCUT2D eigenvalue weighted by Crippen LogP contribution is -2.63. The molecule has 4 unspecified atom stereocenters. The zero-order chi connectivity index (χ0) is 19.6. The van der Waals surface area contributed by atoms with Gasteiger partial charge in [0.1, 0.15) is 0 Å². The summed E-state index contributed by atoms with van der Waals surface area (Å²) in [5.41, 5.74) is 0. The van der Waals surface area contributed by atoms with Crippen molar-refractivity contribution in [2.24, 2.45) is 0 Å². The zero-order valence-corrected chi connectivity index (χ0v) is 17.5. The van der Waals surface area contributed by atoms with Crippen molar-refractivity contribution in [2.75, 3.05) is 32.8 Å². The van der Waals surface area contributed by atoms with E-state index in [1.165, 1.54) is 0 Å². The molecule has 3 heterocycles. The van der Waals surface area contributed by atoms with Crippen LogP contribution in [0.4, 0.5) is 0 Å². The maximum atomic E-state index is 9.76. The molecular weight excluding hydrogens is 342 g/mol. The van der Waals surface area contributed by atoms with Crippen LogP contribution in [0, 0.1) is 0 Å². The van der Waals surface area contributed by atoms with Gasteiger partial charge in [-0.1, -0.05) is 0 Å². The Morgan fingerprint density at radius 3 is 2.11 bits per heavy atom. The summed E-state index contributed by atoms with van der Waals surface area (Å²) >= 11 is 0. The van der Waals surface area contributed by atoms with Gasteiger partial charge in [0, 0.05) is 55.9 Å². The lowest BCUT2D eigenvalue weighted by atomic mass is 9.84. The lowest BCUT2D eigenvalue weighted by molar-refractivity contribution is -0.0728. The number of aliphatic hydroxyl groups excluding tert-OH is 3. The van der Waals surface area contributed by atoms with E-state index in [0.29, 0.717) is 36.3 Å². The molecule has 0 spiro atoms. The molecule has 7 atom stereocenters. The molecule has 6 nitrogen and oxygen atoms in total. The zero-order valence-electron chi connectivity index (χ0n) is 17.5. The number of hydrogen-bond acceptors (Lipinski definition) is 6. The Bertz CT molecular complexity index is 464. The highest BCUT2D eigenvalue weighted by Crippen LogP contribution is 2.35. The van der Waals surface area contributed by atoms with Crippen molar-refractivity contribution in [1.29, 1.82) is 0 Å². The molecule has 0 aliphatic carbocycles. The van der Waals surface area contributed by atoms with Crippen molar-refractivity contribution in [2.45, 2.75) is 102 Å². The molecule has 27 heavy (non-hydrogen) atoms. The summed E-state index contributed by atoms with van der Waals surface area (Å²) in [5, 5.41) is 29.0. The second-order valence-electron chi connectivity index (χ2n) is 9.33. The minimum Gasteiger partial charge on any atom is -0.395 e. The van der Waals surface area contributed by atoms with Crippen molar-refractivity contribution >= 4 is 0 Å². The molecule has 0 aromatic rings. The second kappa shape index (κ2) is 9.51. The summed E-state index contributed by atoms with van der Waals surface area (Å²) < 4.78 is 0. The summed E-state index contributed by atoms with van der Waals surface area (Å²) in [6.45, 7) is 10.4. The SMILES string of the molecule is CC(CCC(C)N1C(CC(C)N2CC[C@H]2CO)C[C@@H]1CO)N1CC[C@@H](O)C1. The average Bonchev–Trinajstić information content (AvgIpc) is 3.02. The highest BCUT2D eigenvalue weighted by atomic mass is 16.3. The van der Waals surface area contributed by atoms with Crippen molar-refractivity contribution in [3.05, 3.63) is 0 Å². The first kappa shape index (κ1) is 21.5. The Morgan fingerprint density at radius 2 is 1.56 bits per heavy atom. The quantitative estimate of drug-likeness (QED) is 0.521. The van der Waals surface area contributed by atoms with Crippen LogP contribution in [-0.2, 0) is 0 Å². The smallest absolute Gasteiger partial charge is 0.0679 e. The van der Waals surface area contributed by atoms with Crippen LogP contribution in [0.15, 0.2) is 0 Å². The fraction of sp³-hybridized carbons (Fsp3) is 1.00.